The van der Waals surface area contributed by atoms with Gasteiger partial charge in [0.1, 0.15) is 12.3 Å². The molecule has 0 spiro atoms. The normalized spacial score (nSPS) is 19.0. The SMILES string of the molecule is CC(C)=C(C(=O)OCc1ccc([N+](=O)[O-])cc1)N1C(=O)[C@@H]2N=C(c3ccccc3)O[C@@H]21. The molecule has 0 saturated carbocycles. The van der Waals surface area contributed by atoms with Crippen LogP contribution in [0.2, 0.25) is 0 Å². The van der Waals surface area contributed by atoms with Gasteiger partial charge in [-0.3, -0.25) is 19.8 Å². The molecule has 1 saturated heterocycles. The second-order valence-corrected chi connectivity index (χ2v) is 7.31. The first-order valence-electron chi connectivity index (χ1n) is 9.57. The number of β-lactam (4-membered cyclic amide) rings is 1. The molecule has 2 aliphatic heterocycles. The van der Waals surface area contributed by atoms with E-state index in [-0.39, 0.29) is 23.9 Å². The molecule has 0 aliphatic carbocycles. The molecule has 4 rings (SSSR count). The summed E-state index contributed by atoms with van der Waals surface area (Å²) in [5.41, 5.74) is 2.00. The monoisotopic (exact) mass is 421 g/mol. The van der Waals surface area contributed by atoms with Crippen molar-refractivity contribution in [3.05, 3.63) is 87.1 Å². The van der Waals surface area contributed by atoms with E-state index in [1.54, 1.807) is 13.8 Å². The summed E-state index contributed by atoms with van der Waals surface area (Å²) in [6.07, 6.45) is -0.695. The second kappa shape index (κ2) is 8.02. The Hall–Kier alpha value is -4.01. The van der Waals surface area contributed by atoms with Crippen molar-refractivity contribution >= 4 is 23.5 Å². The Morgan fingerprint density at radius 2 is 1.84 bits per heavy atom. The molecule has 1 amide bonds. The van der Waals surface area contributed by atoms with Crippen molar-refractivity contribution in [3.63, 3.8) is 0 Å². The number of allylic oxidation sites excluding steroid dienone is 1. The summed E-state index contributed by atoms with van der Waals surface area (Å²) in [6.45, 7) is 3.32. The number of hydrogen-bond donors (Lipinski definition) is 0. The van der Waals surface area contributed by atoms with Crippen LogP contribution in [0.25, 0.3) is 0 Å². The second-order valence-electron chi connectivity index (χ2n) is 7.31. The molecule has 0 bridgehead atoms. The highest BCUT2D eigenvalue weighted by Gasteiger charge is 2.56. The van der Waals surface area contributed by atoms with E-state index in [1.165, 1.54) is 29.2 Å². The standard InChI is InChI=1S/C22H19N3O6/c1-13(2)18(22(27)30-12-14-8-10-16(11-9-14)25(28)29)24-20(26)17-21(24)31-19(23-17)15-6-4-3-5-7-15/h3-11,17,21H,12H2,1-2H3/t17-,21-/m0/s1. The van der Waals surface area contributed by atoms with E-state index in [4.69, 9.17) is 9.47 Å². The quantitative estimate of drug-likeness (QED) is 0.233. The summed E-state index contributed by atoms with van der Waals surface area (Å²) in [4.78, 5) is 41.3. The molecule has 0 aromatic heterocycles. The topological polar surface area (TPSA) is 111 Å². The van der Waals surface area contributed by atoms with Gasteiger partial charge in [-0.15, -0.1) is 0 Å². The summed E-state index contributed by atoms with van der Waals surface area (Å²) in [7, 11) is 0. The van der Waals surface area contributed by atoms with Gasteiger partial charge in [-0.25, -0.2) is 9.79 Å². The number of fused-ring (bicyclic) bond motifs is 1. The highest BCUT2D eigenvalue weighted by atomic mass is 16.6. The highest BCUT2D eigenvalue weighted by molar-refractivity contribution is 6.05. The Balaban J connectivity index is 1.45. The summed E-state index contributed by atoms with van der Waals surface area (Å²) in [5, 5.41) is 10.7. The van der Waals surface area contributed by atoms with Gasteiger partial charge in [0.05, 0.1) is 4.92 Å². The number of aliphatic imine (C=N–C) groups is 1. The van der Waals surface area contributed by atoms with Crippen LogP contribution in [0.4, 0.5) is 5.69 Å². The van der Waals surface area contributed by atoms with Crippen LogP contribution < -0.4 is 0 Å². The summed E-state index contributed by atoms with van der Waals surface area (Å²) in [6, 6.07) is 14.2. The van der Waals surface area contributed by atoms with E-state index in [1.807, 2.05) is 30.3 Å². The van der Waals surface area contributed by atoms with E-state index in [9.17, 15) is 19.7 Å². The van der Waals surface area contributed by atoms with Gasteiger partial charge in [0.2, 0.25) is 12.1 Å². The third-order valence-electron chi connectivity index (χ3n) is 4.95. The van der Waals surface area contributed by atoms with Crippen LogP contribution in [-0.4, -0.2) is 39.9 Å². The fourth-order valence-electron chi connectivity index (χ4n) is 3.39. The van der Waals surface area contributed by atoms with Crippen LogP contribution in [0, 0.1) is 10.1 Å². The molecule has 2 atom stereocenters. The average molecular weight is 421 g/mol. The third kappa shape index (κ3) is 3.77. The molecule has 9 heteroatoms. The Kier molecular flexibility index (Phi) is 5.24. The maximum atomic E-state index is 12.8. The largest absolute Gasteiger partial charge is 0.456 e. The zero-order valence-corrected chi connectivity index (χ0v) is 16.8. The molecule has 0 unspecified atom stereocenters. The molecule has 2 aromatic carbocycles. The van der Waals surface area contributed by atoms with Gasteiger partial charge in [-0.2, -0.15) is 0 Å². The molecular formula is C22H19N3O6. The number of ether oxygens (including phenoxy) is 2. The predicted molar refractivity (Wildman–Crippen MR) is 110 cm³/mol. The number of nitro groups is 1. The zero-order valence-electron chi connectivity index (χ0n) is 16.8. The van der Waals surface area contributed by atoms with Crippen LogP contribution in [-0.2, 0) is 25.7 Å². The number of carbonyl (C=O) groups excluding carboxylic acids is 2. The predicted octanol–water partition coefficient (Wildman–Crippen LogP) is 2.95. The van der Waals surface area contributed by atoms with Crippen molar-refractivity contribution in [2.75, 3.05) is 0 Å². The van der Waals surface area contributed by atoms with Gasteiger partial charge in [-0.05, 0) is 49.2 Å². The fraction of sp³-hybridized carbons (Fsp3) is 0.227. The van der Waals surface area contributed by atoms with Crippen molar-refractivity contribution in [2.24, 2.45) is 4.99 Å². The van der Waals surface area contributed by atoms with E-state index in [0.717, 1.165) is 5.56 Å². The molecule has 158 valence electrons. The number of esters is 1. The number of benzene rings is 2. The molecule has 0 N–H and O–H groups in total. The molecule has 2 heterocycles. The highest BCUT2D eigenvalue weighted by Crippen LogP contribution is 2.36. The molecule has 31 heavy (non-hydrogen) atoms. The number of rotatable bonds is 6. The number of non-ortho nitro benzene ring substituents is 1. The van der Waals surface area contributed by atoms with Gasteiger partial charge in [-0.1, -0.05) is 18.2 Å². The van der Waals surface area contributed by atoms with Crippen molar-refractivity contribution in [2.45, 2.75) is 32.7 Å². The summed E-state index contributed by atoms with van der Waals surface area (Å²) in [5.74, 6) is -0.653. The average Bonchev–Trinajstić information content (AvgIpc) is 3.16. The maximum Gasteiger partial charge on any atom is 0.355 e. The smallest absolute Gasteiger partial charge is 0.355 e. The number of likely N-dealkylation sites (tertiary alicyclic amines) is 1. The number of amides is 1. The third-order valence-corrected chi connectivity index (χ3v) is 4.95. The number of hydrogen-bond acceptors (Lipinski definition) is 7. The molecule has 2 aliphatic rings. The van der Waals surface area contributed by atoms with Crippen LogP contribution in [0.3, 0.4) is 0 Å². The number of nitrogens with zero attached hydrogens (tertiary/aromatic N) is 3. The molecular weight excluding hydrogens is 402 g/mol. The molecule has 1 fully saturated rings. The summed E-state index contributed by atoms with van der Waals surface area (Å²) < 4.78 is 11.2. The lowest BCUT2D eigenvalue weighted by Crippen LogP contribution is -2.63. The van der Waals surface area contributed by atoms with E-state index < -0.39 is 23.2 Å². The van der Waals surface area contributed by atoms with Crippen LogP contribution in [0.5, 0.6) is 0 Å². The zero-order chi connectivity index (χ0) is 22.1. The van der Waals surface area contributed by atoms with Gasteiger partial charge in [0.25, 0.3) is 11.6 Å². The minimum absolute atomic E-state index is 0.0510. The Labute approximate surface area is 177 Å². The van der Waals surface area contributed by atoms with Gasteiger partial charge in [0.15, 0.2) is 6.04 Å². The molecule has 2 aromatic rings. The van der Waals surface area contributed by atoms with Crippen molar-refractivity contribution in [3.8, 4) is 0 Å². The van der Waals surface area contributed by atoms with Crippen LogP contribution in [0.1, 0.15) is 25.0 Å². The van der Waals surface area contributed by atoms with Crippen molar-refractivity contribution in [1.82, 2.24) is 4.90 Å². The van der Waals surface area contributed by atoms with E-state index >= 15 is 0 Å². The lowest BCUT2D eigenvalue weighted by Gasteiger charge is -2.41. The number of nitro benzene ring substituents is 1. The lowest BCUT2D eigenvalue weighted by atomic mass is 10.0. The summed E-state index contributed by atoms with van der Waals surface area (Å²) >= 11 is 0. The first kappa shape index (κ1) is 20.3. The van der Waals surface area contributed by atoms with Crippen LogP contribution >= 0.6 is 0 Å². The molecule has 9 nitrogen and oxygen atoms in total. The fourth-order valence-corrected chi connectivity index (χ4v) is 3.39. The van der Waals surface area contributed by atoms with E-state index in [2.05, 4.69) is 4.99 Å². The lowest BCUT2D eigenvalue weighted by molar-refractivity contribution is -0.384. The minimum atomic E-state index is -0.695. The van der Waals surface area contributed by atoms with Gasteiger partial charge < -0.3 is 9.47 Å². The Morgan fingerprint density at radius 3 is 2.45 bits per heavy atom. The van der Waals surface area contributed by atoms with Crippen LogP contribution in [0.15, 0.2) is 70.9 Å². The first-order valence-corrected chi connectivity index (χ1v) is 9.57. The first-order chi connectivity index (χ1) is 14.9. The van der Waals surface area contributed by atoms with Crippen molar-refractivity contribution in [1.29, 1.82) is 0 Å². The van der Waals surface area contributed by atoms with E-state index in [0.29, 0.717) is 17.0 Å². The van der Waals surface area contributed by atoms with Crippen molar-refractivity contribution < 1.29 is 24.0 Å². The Bertz CT molecular complexity index is 1100. The van der Waals surface area contributed by atoms with Gasteiger partial charge in [0, 0.05) is 17.7 Å². The molecule has 0 radical (unpaired) electrons. The maximum absolute atomic E-state index is 12.8. The van der Waals surface area contributed by atoms with Gasteiger partial charge >= 0.3 is 5.97 Å². The minimum Gasteiger partial charge on any atom is -0.456 e. The Morgan fingerprint density at radius 1 is 1.16 bits per heavy atom. The number of carbonyl (C=O) groups is 2.